The van der Waals surface area contributed by atoms with Gasteiger partial charge in [-0.2, -0.15) is 10.2 Å². The number of anilines is 1. The molecule has 1 aliphatic heterocycles. The van der Waals surface area contributed by atoms with Gasteiger partial charge in [-0.1, -0.05) is 18.1 Å². The van der Waals surface area contributed by atoms with Crippen molar-refractivity contribution in [1.29, 1.82) is 0 Å². The highest BCUT2D eigenvalue weighted by Gasteiger charge is 2.51. The fourth-order valence-electron chi connectivity index (χ4n) is 5.40. The quantitative estimate of drug-likeness (QED) is 0.368. The number of halogens is 2. The van der Waals surface area contributed by atoms with Gasteiger partial charge in [0.2, 0.25) is 0 Å². The largest absolute Gasteiger partial charge is 0.384 e. The Labute approximate surface area is 206 Å². The molecule has 1 unspecified atom stereocenters. The van der Waals surface area contributed by atoms with Crippen molar-refractivity contribution in [1.82, 2.24) is 24.5 Å². The minimum atomic E-state index is -1.36. The van der Waals surface area contributed by atoms with Crippen molar-refractivity contribution < 1.29 is 18.7 Å². The minimum Gasteiger partial charge on any atom is -0.384 e. The van der Waals surface area contributed by atoms with Gasteiger partial charge in [-0.3, -0.25) is 9.48 Å². The number of benzene rings is 1. The second-order valence-corrected chi connectivity index (χ2v) is 9.59. The molecular formula is C25H27F2N7O2. The van der Waals surface area contributed by atoms with Crippen molar-refractivity contribution in [2.45, 2.75) is 45.0 Å². The number of carbonyl (C=O) groups excluding carboxylic acids is 1. The van der Waals surface area contributed by atoms with Crippen LogP contribution in [0.5, 0.6) is 0 Å². The van der Waals surface area contributed by atoms with E-state index in [2.05, 4.69) is 22.0 Å². The third-order valence-corrected chi connectivity index (χ3v) is 7.19. The van der Waals surface area contributed by atoms with Gasteiger partial charge in [0.05, 0.1) is 24.3 Å². The summed E-state index contributed by atoms with van der Waals surface area (Å²) in [5, 5.41) is 19.2. The van der Waals surface area contributed by atoms with E-state index in [1.54, 1.807) is 22.7 Å². The van der Waals surface area contributed by atoms with Crippen LogP contribution in [0.4, 0.5) is 14.6 Å². The molecule has 1 atom stereocenters. The third-order valence-electron chi connectivity index (χ3n) is 7.19. The Balaban J connectivity index is 1.36. The van der Waals surface area contributed by atoms with Gasteiger partial charge >= 0.3 is 0 Å². The summed E-state index contributed by atoms with van der Waals surface area (Å²) >= 11 is 0. The number of rotatable bonds is 5. The first-order valence-corrected chi connectivity index (χ1v) is 11.7. The van der Waals surface area contributed by atoms with E-state index in [-0.39, 0.29) is 40.9 Å². The predicted molar refractivity (Wildman–Crippen MR) is 128 cm³/mol. The number of aromatic nitrogens is 4. The van der Waals surface area contributed by atoms with Gasteiger partial charge in [0.15, 0.2) is 11.6 Å². The maximum absolute atomic E-state index is 14.1. The zero-order valence-electron chi connectivity index (χ0n) is 19.8. The van der Waals surface area contributed by atoms with E-state index in [9.17, 15) is 18.7 Å². The normalized spacial score (nSPS) is 21.8. The van der Waals surface area contributed by atoms with Gasteiger partial charge in [0.25, 0.3) is 5.91 Å². The lowest BCUT2D eigenvalue weighted by atomic mass is 9.65. The Kier molecular flexibility index (Phi) is 6.02. The number of nitrogen functional groups attached to an aromatic ring is 1. The molecule has 188 valence electrons. The van der Waals surface area contributed by atoms with Crippen LogP contribution >= 0.6 is 0 Å². The average Bonchev–Trinajstić information content (AvgIpc) is 3.53. The molecule has 2 aromatic heterocycles. The summed E-state index contributed by atoms with van der Waals surface area (Å²) in [5.41, 5.74) is 13.6. The Hall–Kier alpha value is -3.75. The van der Waals surface area contributed by atoms with Crippen LogP contribution in [0.15, 0.2) is 30.6 Å². The summed E-state index contributed by atoms with van der Waals surface area (Å²) in [6.45, 7) is 3.00. The smallest absolute Gasteiger partial charge is 0.298 e. The zero-order chi connectivity index (χ0) is 25.6. The van der Waals surface area contributed by atoms with E-state index in [0.717, 1.165) is 25.3 Å². The van der Waals surface area contributed by atoms with Gasteiger partial charge in [-0.25, -0.2) is 13.5 Å². The van der Waals surface area contributed by atoms with Crippen LogP contribution in [0.2, 0.25) is 0 Å². The van der Waals surface area contributed by atoms with Gasteiger partial charge < -0.3 is 21.5 Å². The van der Waals surface area contributed by atoms with E-state index >= 15 is 0 Å². The van der Waals surface area contributed by atoms with E-state index < -0.39 is 17.9 Å². The molecule has 3 heterocycles. The van der Waals surface area contributed by atoms with Crippen LogP contribution in [0.3, 0.4) is 0 Å². The standard InChI is InChI=1S/C25H27F2N7O2/c1-2-4-19(35)32-8-7-25(14-32)9-17(10-25)34-23(28)20(24(29)36)22(31-34)16-11-30-33(13-16)12-15-5-3-6-18(26)21(15)27/h3,5-6,11,13,17,24,36H,7-10,12,14,28-29H2,1H3. The predicted octanol–water partition coefficient (Wildman–Crippen LogP) is 2.18. The molecule has 1 saturated heterocycles. The summed E-state index contributed by atoms with van der Waals surface area (Å²) in [4.78, 5) is 13.9. The van der Waals surface area contributed by atoms with Crippen LogP contribution in [-0.2, 0) is 11.3 Å². The Morgan fingerprint density at radius 2 is 2.14 bits per heavy atom. The zero-order valence-corrected chi connectivity index (χ0v) is 19.8. The SMILES string of the molecule is CC#CC(=O)N1CCC2(CC(n3nc(-c4cnn(Cc5cccc(F)c5F)c4)c(C(N)O)c3N)C2)C1. The van der Waals surface area contributed by atoms with E-state index in [0.29, 0.717) is 24.3 Å². The monoisotopic (exact) mass is 495 g/mol. The first kappa shape index (κ1) is 24.0. The molecule has 5 N–H and O–H groups in total. The average molecular weight is 496 g/mol. The summed E-state index contributed by atoms with van der Waals surface area (Å²) < 4.78 is 30.8. The van der Waals surface area contributed by atoms with Crippen molar-refractivity contribution in [3.8, 4) is 23.1 Å². The number of hydrogen-bond acceptors (Lipinski definition) is 6. The number of aliphatic hydroxyl groups excluding tert-OH is 1. The summed E-state index contributed by atoms with van der Waals surface area (Å²) in [7, 11) is 0. The molecule has 3 aromatic rings. The van der Waals surface area contributed by atoms with E-state index in [1.165, 1.54) is 23.0 Å². The minimum absolute atomic E-state index is 0.00000361. The molecular weight excluding hydrogens is 468 g/mol. The van der Waals surface area contributed by atoms with Crippen LogP contribution < -0.4 is 11.5 Å². The second-order valence-electron chi connectivity index (χ2n) is 9.59. The molecule has 0 bridgehead atoms. The fraction of sp³-hybridized carbons (Fsp3) is 0.400. The third kappa shape index (κ3) is 4.12. The molecule has 9 nitrogen and oxygen atoms in total. The fourth-order valence-corrected chi connectivity index (χ4v) is 5.40. The van der Waals surface area contributed by atoms with Gasteiger partial charge in [-0.15, -0.1) is 0 Å². The number of hydrogen-bond donors (Lipinski definition) is 3. The molecule has 36 heavy (non-hydrogen) atoms. The molecule has 1 aromatic carbocycles. The molecule has 1 aliphatic carbocycles. The highest BCUT2D eigenvalue weighted by molar-refractivity contribution is 5.93. The van der Waals surface area contributed by atoms with Crippen molar-refractivity contribution in [2.24, 2.45) is 11.1 Å². The van der Waals surface area contributed by atoms with Crippen molar-refractivity contribution in [3.05, 3.63) is 53.4 Å². The van der Waals surface area contributed by atoms with Crippen molar-refractivity contribution in [3.63, 3.8) is 0 Å². The Morgan fingerprint density at radius 3 is 2.86 bits per heavy atom. The Morgan fingerprint density at radius 1 is 1.36 bits per heavy atom. The first-order chi connectivity index (χ1) is 17.2. The van der Waals surface area contributed by atoms with Crippen LogP contribution in [0.1, 0.15) is 49.6 Å². The van der Waals surface area contributed by atoms with Gasteiger partial charge in [0.1, 0.15) is 17.7 Å². The highest BCUT2D eigenvalue weighted by atomic mass is 19.2. The molecule has 1 spiro atoms. The van der Waals surface area contributed by atoms with Crippen LogP contribution in [0, 0.1) is 28.9 Å². The highest BCUT2D eigenvalue weighted by Crippen LogP contribution is 2.55. The van der Waals surface area contributed by atoms with Crippen LogP contribution in [-0.4, -0.2) is 48.6 Å². The van der Waals surface area contributed by atoms with Crippen LogP contribution in [0.25, 0.3) is 11.3 Å². The maximum atomic E-state index is 14.1. The molecule has 0 radical (unpaired) electrons. The van der Waals surface area contributed by atoms with Gasteiger partial charge in [0, 0.05) is 30.4 Å². The summed E-state index contributed by atoms with van der Waals surface area (Å²) in [5.74, 6) is 3.53. The first-order valence-electron chi connectivity index (χ1n) is 11.7. The van der Waals surface area contributed by atoms with Crippen molar-refractivity contribution in [2.75, 3.05) is 18.8 Å². The molecule has 1 amide bonds. The molecule has 11 heteroatoms. The number of likely N-dealkylation sites (tertiary alicyclic amines) is 1. The van der Waals surface area contributed by atoms with Gasteiger partial charge in [-0.05, 0) is 43.6 Å². The molecule has 5 rings (SSSR count). The number of nitrogens with two attached hydrogens (primary N) is 2. The molecule has 2 aliphatic rings. The number of amides is 1. The summed E-state index contributed by atoms with van der Waals surface area (Å²) in [6, 6.07) is 3.98. The lowest BCUT2D eigenvalue weighted by Gasteiger charge is -2.45. The van der Waals surface area contributed by atoms with E-state index in [4.69, 9.17) is 11.5 Å². The maximum Gasteiger partial charge on any atom is 0.298 e. The summed E-state index contributed by atoms with van der Waals surface area (Å²) in [6.07, 6.45) is 4.26. The van der Waals surface area contributed by atoms with Crippen molar-refractivity contribution >= 4 is 11.7 Å². The molecule has 2 fully saturated rings. The number of nitrogens with zero attached hydrogens (tertiary/aromatic N) is 5. The van der Waals surface area contributed by atoms with E-state index in [1.807, 2.05) is 0 Å². The topological polar surface area (TPSA) is 128 Å². The lowest BCUT2D eigenvalue weighted by molar-refractivity contribution is -0.125. The second kappa shape index (κ2) is 9.04. The number of aliphatic hydroxyl groups is 1. The molecule has 1 saturated carbocycles. The lowest BCUT2D eigenvalue weighted by Crippen LogP contribution is -2.42. The number of carbonyl (C=O) groups is 1. The Bertz CT molecular complexity index is 1380.